The van der Waals surface area contributed by atoms with E-state index in [-0.39, 0.29) is 22.1 Å². The summed E-state index contributed by atoms with van der Waals surface area (Å²) < 4.78 is 9.29. The van der Waals surface area contributed by atoms with E-state index in [2.05, 4.69) is 4.74 Å². The molecule has 1 atom stereocenters. The lowest BCUT2D eigenvalue weighted by atomic mass is 10.0. The number of ether oxygens (including phenoxy) is 2. The number of aliphatic hydroxyl groups excluding tert-OH is 1. The molecule has 1 rings (SSSR count). The fraction of sp³-hybridized carbons (Fsp3) is 0.364. The minimum Gasteiger partial charge on any atom is -0.504 e. The van der Waals surface area contributed by atoms with Gasteiger partial charge in [-0.25, -0.2) is 4.79 Å². The Morgan fingerprint density at radius 2 is 2.06 bits per heavy atom. The highest BCUT2D eigenvalue weighted by Gasteiger charge is 2.27. The SMILES string of the molecule is COC(=O)C(O)c1c(C)c(Cl)cc(OC)c1O. The molecule has 0 aliphatic heterocycles. The predicted octanol–water partition coefficient (Wildman–Crippen LogP) is 1.57. The van der Waals surface area contributed by atoms with Crippen LogP contribution in [0.2, 0.25) is 5.02 Å². The summed E-state index contributed by atoms with van der Waals surface area (Å²) in [4.78, 5) is 11.3. The second-order valence-corrected chi connectivity index (χ2v) is 3.78. The van der Waals surface area contributed by atoms with Crippen LogP contribution in [0.5, 0.6) is 11.5 Å². The van der Waals surface area contributed by atoms with E-state index in [0.717, 1.165) is 7.11 Å². The van der Waals surface area contributed by atoms with Gasteiger partial charge in [-0.15, -0.1) is 0 Å². The lowest BCUT2D eigenvalue weighted by Crippen LogP contribution is -2.15. The van der Waals surface area contributed by atoms with Crippen LogP contribution in [0.25, 0.3) is 0 Å². The third-order valence-electron chi connectivity index (χ3n) is 2.43. The Morgan fingerprint density at radius 3 is 2.53 bits per heavy atom. The average molecular weight is 261 g/mol. The van der Waals surface area contributed by atoms with E-state index in [1.807, 2.05) is 0 Å². The van der Waals surface area contributed by atoms with Crippen molar-refractivity contribution in [1.82, 2.24) is 0 Å². The van der Waals surface area contributed by atoms with Gasteiger partial charge in [0.25, 0.3) is 0 Å². The van der Waals surface area contributed by atoms with E-state index >= 15 is 0 Å². The molecule has 1 unspecified atom stereocenters. The highest BCUT2D eigenvalue weighted by atomic mass is 35.5. The normalized spacial score (nSPS) is 12.1. The zero-order chi connectivity index (χ0) is 13.2. The van der Waals surface area contributed by atoms with Crippen molar-refractivity contribution >= 4 is 17.6 Å². The zero-order valence-corrected chi connectivity index (χ0v) is 10.4. The summed E-state index contributed by atoms with van der Waals surface area (Å²) in [6, 6.07) is 1.40. The first kappa shape index (κ1) is 13.6. The van der Waals surface area contributed by atoms with E-state index in [1.54, 1.807) is 6.92 Å². The number of carbonyl (C=O) groups is 1. The Labute approximate surface area is 104 Å². The van der Waals surface area contributed by atoms with Crippen LogP contribution in [0.3, 0.4) is 0 Å². The lowest BCUT2D eigenvalue weighted by molar-refractivity contribution is -0.150. The minimum atomic E-state index is -1.60. The predicted molar refractivity (Wildman–Crippen MR) is 61.4 cm³/mol. The molecule has 0 amide bonds. The maximum absolute atomic E-state index is 11.3. The number of phenols is 1. The van der Waals surface area contributed by atoms with Crippen molar-refractivity contribution in [2.24, 2.45) is 0 Å². The summed E-state index contributed by atoms with van der Waals surface area (Å²) in [5.41, 5.74) is 0.379. The topological polar surface area (TPSA) is 76.0 Å². The molecule has 94 valence electrons. The van der Waals surface area contributed by atoms with Crippen LogP contribution in [0.4, 0.5) is 0 Å². The second-order valence-electron chi connectivity index (χ2n) is 3.37. The summed E-state index contributed by atoms with van der Waals surface area (Å²) in [5, 5.41) is 19.9. The van der Waals surface area contributed by atoms with Gasteiger partial charge in [0.2, 0.25) is 0 Å². The number of halogens is 1. The standard InChI is InChI=1S/C11H13ClO5/c1-5-6(12)4-7(16-2)9(13)8(5)10(14)11(15)17-3/h4,10,13-14H,1-3H3. The van der Waals surface area contributed by atoms with Crippen LogP contribution < -0.4 is 4.74 Å². The molecule has 1 aromatic carbocycles. The first-order chi connectivity index (χ1) is 7.93. The van der Waals surface area contributed by atoms with Gasteiger partial charge in [0.1, 0.15) is 0 Å². The minimum absolute atomic E-state index is 0.0128. The third kappa shape index (κ3) is 2.45. The van der Waals surface area contributed by atoms with E-state index in [1.165, 1.54) is 13.2 Å². The van der Waals surface area contributed by atoms with Crippen LogP contribution in [0.1, 0.15) is 17.2 Å². The number of aliphatic hydroxyl groups is 1. The van der Waals surface area contributed by atoms with Gasteiger partial charge in [-0.2, -0.15) is 0 Å². The van der Waals surface area contributed by atoms with Gasteiger partial charge in [0.15, 0.2) is 17.6 Å². The molecule has 0 aliphatic rings. The van der Waals surface area contributed by atoms with Gasteiger partial charge >= 0.3 is 5.97 Å². The summed E-state index contributed by atoms with van der Waals surface area (Å²) in [6.45, 7) is 1.57. The Hall–Kier alpha value is -1.46. The Bertz CT molecular complexity index is 444. The van der Waals surface area contributed by atoms with E-state index in [0.29, 0.717) is 5.56 Å². The summed E-state index contributed by atoms with van der Waals surface area (Å²) >= 11 is 5.91. The van der Waals surface area contributed by atoms with Crippen molar-refractivity contribution in [3.8, 4) is 11.5 Å². The van der Waals surface area contributed by atoms with E-state index < -0.39 is 12.1 Å². The number of hydrogen-bond donors (Lipinski definition) is 2. The monoisotopic (exact) mass is 260 g/mol. The van der Waals surface area contributed by atoms with Crippen LogP contribution in [0, 0.1) is 6.92 Å². The Morgan fingerprint density at radius 1 is 1.47 bits per heavy atom. The van der Waals surface area contributed by atoms with Crippen molar-refractivity contribution in [2.45, 2.75) is 13.0 Å². The number of rotatable bonds is 3. The fourth-order valence-electron chi connectivity index (χ4n) is 1.45. The van der Waals surface area contributed by atoms with Gasteiger partial charge in [-0.1, -0.05) is 11.6 Å². The van der Waals surface area contributed by atoms with Crippen LogP contribution >= 0.6 is 11.6 Å². The molecular weight excluding hydrogens is 248 g/mol. The van der Waals surface area contributed by atoms with Gasteiger partial charge in [0.05, 0.1) is 14.2 Å². The molecule has 6 heteroatoms. The number of methoxy groups -OCH3 is 2. The number of hydrogen-bond acceptors (Lipinski definition) is 5. The fourth-order valence-corrected chi connectivity index (χ4v) is 1.65. The second kappa shape index (κ2) is 5.25. The maximum Gasteiger partial charge on any atom is 0.339 e. The van der Waals surface area contributed by atoms with Crippen LogP contribution in [0.15, 0.2) is 6.07 Å². The summed E-state index contributed by atoms with van der Waals surface area (Å²) in [5.74, 6) is -1.13. The first-order valence-electron chi connectivity index (χ1n) is 4.75. The van der Waals surface area contributed by atoms with Crippen molar-refractivity contribution in [1.29, 1.82) is 0 Å². The number of phenolic OH excluding ortho intramolecular Hbond substituents is 1. The van der Waals surface area contributed by atoms with Crippen LogP contribution in [-0.4, -0.2) is 30.4 Å². The number of esters is 1. The van der Waals surface area contributed by atoms with Gasteiger partial charge in [-0.05, 0) is 12.5 Å². The quantitative estimate of drug-likeness (QED) is 0.807. The first-order valence-corrected chi connectivity index (χ1v) is 5.13. The Balaban J connectivity index is 3.40. The maximum atomic E-state index is 11.3. The number of carbonyl (C=O) groups excluding carboxylic acids is 1. The third-order valence-corrected chi connectivity index (χ3v) is 2.82. The largest absolute Gasteiger partial charge is 0.504 e. The summed E-state index contributed by atoms with van der Waals surface area (Å²) in [6.07, 6.45) is -1.60. The molecule has 0 heterocycles. The van der Waals surface area contributed by atoms with Gasteiger partial charge < -0.3 is 19.7 Å². The molecule has 0 radical (unpaired) electrons. The molecule has 5 nitrogen and oxygen atoms in total. The molecule has 0 bridgehead atoms. The number of aromatic hydroxyl groups is 1. The van der Waals surface area contributed by atoms with Crippen molar-refractivity contribution in [3.63, 3.8) is 0 Å². The number of benzene rings is 1. The van der Waals surface area contributed by atoms with Crippen molar-refractivity contribution < 1.29 is 24.5 Å². The average Bonchev–Trinajstić information content (AvgIpc) is 2.32. The summed E-state index contributed by atoms with van der Waals surface area (Å²) in [7, 11) is 2.48. The van der Waals surface area contributed by atoms with E-state index in [9.17, 15) is 15.0 Å². The highest BCUT2D eigenvalue weighted by molar-refractivity contribution is 6.31. The molecule has 0 fully saturated rings. The van der Waals surface area contributed by atoms with E-state index in [4.69, 9.17) is 16.3 Å². The molecule has 17 heavy (non-hydrogen) atoms. The van der Waals surface area contributed by atoms with Gasteiger partial charge in [0, 0.05) is 16.7 Å². The zero-order valence-electron chi connectivity index (χ0n) is 9.65. The molecule has 0 spiro atoms. The molecule has 0 aromatic heterocycles. The molecule has 2 N–H and O–H groups in total. The smallest absolute Gasteiger partial charge is 0.339 e. The van der Waals surface area contributed by atoms with Crippen LogP contribution in [-0.2, 0) is 9.53 Å². The molecule has 0 aliphatic carbocycles. The molecular formula is C11H13ClO5. The lowest BCUT2D eigenvalue weighted by Gasteiger charge is -2.16. The molecule has 0 saturated carbocycles. The van der Waals surface area contributed by atoms with Gasteiger partial charge in [-0.3, -0.25) is 0 Å². The molecule has 1 aromatic rings. The van der Waals surface area contributed by atoms with Crippen molar-refractivity contribution in [3.05, 3.63) is 22.2 Å². The Kier molecular flexibility index (Phi) is 4.20. The highest BCUT2D eigenvalue weighted by Crippen LogP contribution is 2.40. The van der Waals surface area contributed by atoms with Crippen molar-refractivity contribution in [2.75, 3.05) is 14.2 Å². The molecule has 0 saturated heterocycles.